The third-order valence-corrected chi connectivity index (χ3v) is 1.86. The predicted octanol–water partition coefficient (Wildman–Crippen LogP) is 3.82. The summed E-state index contributed by atoms with van der Waals surface area (Å²) in [4.78, 5) is 10.6. The number of carbonyl (C=O) groups excluding carboxylic acids is 1. The lowest BCUT2D eigenvalue weighted by Gasteiger charge is -2.11. The molecule has 0 saturated carbocycles. The maximum atomic E-state index is 13.0. The van der Waals surface area contributed by atoms with Crippen molar-refractivity contribution in [3.63, 3.8) is 0 Å². The number of aldehydes is 1. The molecular formula is C12H11F3O2. The van der Waals surface area contributed by atoms with Crippen molar-refractivity contribution >= 4 is 12.1 Å². The first kappa shape index (κ1) is 13.3. The summed E-state index contributed by atoms with van der Waals surface area (Å²) in [5.41, 5.74) is -0.292. The Bertz CT molecular complexity index is 449. The third-order valence-electron chi connectivity index (χ3n) is 1.86. The molecule has 2 nitrogen and oxygen atoms in total. The molecule has 0 aromatic heterocycles. The van der Waals surface area contributed by atoms with Crippen molar-refractivity contribution in [2.45, 2.75) is 20.0 Å². The molecule has 1 aromatic carbocycles. The number of hydrogen-bond acceptors (Lipinski definition) is 2. The van der Waals surface area contributed by atoms with Gasteiger partial charge in [-0.1, -0.05) is 0 Å². The highest BCUT2D eigenvalue weighted by molar-refractivity contribution is 5.78. The van der Waals surface area contributed by atoms with Gasteiger partial charge in [-0.3, -0.25) is 4.79 Å². The minimum atomic E-state index is -2.43. The summed E-state index contributed by atoms with van der Waals surface area (Å²) in [6, 6.07) is 3.52. The average Bonchev–Trinajstić information content (AvgIpc) is 2.26. The zero-order chi connectivity index (χ0) is 13.0. The first-order valence-corrected chi connectivity index (χ1v) is 4.92. The van der Waals surface area contributed by atoms with Crippen LogP contribution in [-0.4, -0.2) is 12.4 Å². The summed E-state index contributed by atoms with van der Waals surface area (Å²) in [6.07, 6.45) is -2.18. The molecule has 0 saturated heterocycles. The first-order valence-electron chi connectivity index (χ1n) is 4.92. The second-order valence-electron chi connectivity index (χ2n) is 3.65. The molecule has 0 aliphatic carbocycles. The van der Waals surface area contributed by atoms with Gasteiger partial charge in [0.25, 0.3) is 0 Å². The van der Waals surface area contributed by atoms with Crippen LogP contribution in [0, 0.1) is 0 Å². The number of ether oxygens (including phenoxy) is 1. The average molecular weight is 244 g/mol. The first-order chi connectivity index (χ1) is 7.93. The molecule has 0 heterocycles. The molecule has 0 fully saturated rings. The van der Waals surface area contributed by atoms with Crippen LogP contribution in [0.4, 0.5) is 13.2 Å². The molecule has 1 rings (SSSR count). The van der Waals surface area contributed by atoms with Crippen LogP contribution in [0.25, 0.3) is 5.83 Å². The van der Waals surface area contributed by atoms with E-state index >= 15 is 0 Å². The van der Waals surface area contributed by atoms with E-state index < -0.39 is 11.9 Å². The lowest BCUT2D eigenvalue weighted by molar-refractivity contribution is 0.112. The molecule has 0 amide bonds. The van der Waals surface area contributed by atoms with E-state index in [0.717, 1.165) is 12.1 Å². The molecule has 0 spiro atoms. The third kappa shape index (κ3) is 3.62. The summed E-state index contributed by atoms with van der Waals surface area (Å²) < 4.78 is 42.5. The van der Waals surface area contributed by atoms with Crippen LogP contribution in [0.3, 0.4) is 0 Å². The SMILES string of the molecule is CC(C)Oc1cc(C=O)cc(C(F)=C(F)F)c1. The highest BCUT2D eigenvalue weighted by Crippen LogP contribution is 2.27. The Morgan fingerprint density at radius 2 is 1.88 bits per heavy atom. The van der Waals surface area contributed by atoms with Gasteiger partial charge in [-0.05, 0) is 32.0 Å². The van der Waals surface area contributed by atoms with Gasteiger partial charge in [0.2, 0.25) is 0 Å². The van der Waals surface area contributed by atoms with Crippen LogP contribution in [0.15, 0.2) is 24.3 Å². The fourth-order valence-electron chi connectivity index (χ4n) is 1.27. The zero-order valence-corrected chi connectivity index (χ0v) is 9.34. The number of halogens is 3. The molecule has 17 heavy (non-hydrogen) atoms. The summed E-state index contributed by atoms with van der Waals surface area (Å²) in [5, 5.41) is 0. The van der Waals surface area contributed by atoms with Gasteiger partial charge in [0.1, 0.15) is 12.0 Å². The Hall–Kier alpha value is -1.78. The van der Waals surface area contributed by atoms with Crippen LogP contribution in [0.5, 0.6) is 5.75 Å². The zero-order valence-electron chi connectivity index (χ0n) is 9.34. The Morgan fingerprint density at radius 1 is 1.24 bits per heavy atom. The van der Waals surface area contributed by atoms with Gasteiger partial charge in [0, 0.05) is 11.1 Å². The summed E-state index contributed by atoms with van der Waals surface area (Å²) >= 11 is 0. The summed E-state index contributed by atoms with van der Waals surface area (Å²) in [7, 11) is 0. The molecule has 5 heteroatoms. The molecule has 0 aliphatic heterocycles. The number of benzene rings is 1. The van der Waals surface area contributed by atoms with E-state index in [1.807, 2.05) is 0 Å². The van der Waals surface area contributed by atoms with Crippen molar-refractivity contribution in [2.75, 3.05) is 0 Å². The maximum absolute atomic E-state index is 13.0. The number of hydrogen-bond donors (Lipinski definition) is 0. The molecule has 0 radical (unpaired) electrons. The number of rotatable bonds is 4. The second-order valence-corrected chi connectivity index (χ2v) is 3.65. The largest absolute Gasteiger partial charge is 0.491 e. The van der Waals surface area contributed by atoms with Crippen molar-refractivity contribution in [1.82, 2.24) is 0 Å². The van der Waals surface area contributed by atoms with Crippen LogP contribution >= 0.6 is 0 Å². The van der Waals surface area contributed by atoms with E-state index in [-0.39, 0.29) is 23.0 Å². The highest BCUT2D eigenvalue weighted by atomic mass is 19.3. The topological polar surface area (TPSA) is 26.3 Å². The highest BCUT2D eigenvalue weighted by Gasteiger charge is 2.12. The Labute approximate surface area is 96.7 Å². The van der Waals surface area contributed by atoms with E-state index in [9.17, 15) is 18.0 Å². The van der Waals surface area contributed by atoms with Crippen molar-refractivity contribution < 1.29 is 22.7 Å². The van der Waals surface area contributed by atoms with Crippen LogP contribution in [-0.2, 0) is 0 Å². The fourth-order valence-corrected chi connectivity index (χ4v) is 1.27. The Morgan fingerprint density at radius 3 is 2.35 bits per heavy atom. The van der Waals surface area contributed by atoms with Crippen LogP contribution < -0.4 is 4.74 Å². The summed E-state index contributed by atoms with van der Waals surface area (Å²) in [6.45, 7) is 3.46. The maximum Gasteiger partial charge on any atom is 0.306 e. The normalized spacial score (nSPS) is 10.2. The van der Waals surface area contributed by atoms with Gasteiger partial charge in [0.15, 0.2) is 5.83 Å². The van der Waals surface area contributed by atoms with Crippen molar-refractivity contribution in [3.8, 4) is 5.75 Å². The quantitative estimate of drug-likeness (QED) is 0.752. The smallest absolute Gasteiger partial charge is 0.306 e. The van der Waals surface area contributed by atoms with E-state index in [2.05, 4.69) is 0 Å². The predicted molar refractivity (Wildman–Crippen MR) is 57.8 cm³/mol. The monoisotopic (exact) mass is 244 g/mol. The Balaban J connectivity index is 3.23. The molecule has 1 aromatic rings. The van der Waals surface area contributed by atoms with Crippen LogP contribution in [0.1, 0.15) is 29.8 Å². The molecule has 0 aliphatic rings. The molecule has 92 valence electrons. The van der Waals surface area contributed by atoms with E-state index in [1.54, 1.807) is 13.8 Å². The molecule has 0 atom stereocenters. The second kappa shape index (κ2) is 5.52. The van der Waals surface area contributed by atoms with E-state index in [0.29, 0.717) is 6.29 Å². The Kier molecular flexibility index (Phi) is 4.31. The lowest BCUT2D eigenvalue weighted by Crippen LogP contribution is -2.06. The summed E-state index contributed by atoms with van der Waals surface area (Å²) in [5.74, 6) is -1.47. The van der Waals surface area contributed by atoms with E-state index in [1.165, 1.54) is 6.07 Å². The van der Waals surface area contributed by atoms with Gasteiger partial charge >= 0.3 is 6.08 Å². The number of carbonyl (C=O) groups is 1. The fraction of sp³-hybridized carbons (Fsp3) is 0.250. The van der Waals surface area contributed by atoms with Gasteiger partial charge < -0.3 is 4.74 Å². The molecule has 0 bridgehead atoms. The van der Waals surface area contributed by atoms with Crippen molar-refractivity contribution in [2.24, 2.45) is 0 Å². The van der Waals surface area contributed by atoms with Gasteiger partial charge in [0.05, 0.1) is 6.10 Å². The molecular weight excluding hydrogens is 233 g/mol. The minimum Gasteiger partial charge on any atom is -0.491 e. The minimum absolute atomic E-state index is 0.0783. The van der Waals surface area contributed by atoms with Gasteiger partial charge in [-0.2, -0.15) is 8.78 Å². The van der Waals surface area contributed by atoms with Crippen molar-refractivity contribution in [1.29, 1.82) is 0 Å². The van der Waals surface area contributed by atoms with E-state index in [4.69, 9.17) is 4.74 Å². The van der Waals surface area contributed by atoms with Gasteiger partial charge in [-0.15, -0.1) is 0 Å². The standard InChI is InChI=1S/C12H11F3O2/c1-7(2)17-10-4-8(6-16)3-9(5-10)11(13)12(14)15/h3-7H,1-2H3. The lowest BCUT2D eigenvalue weighted by atomic mass is 10.1. The molecule has 0 unspecified atom stereocenters. The molecule has 0 N–H and O–H groups in total. The van der Waals surface area contributed by atoms with Crippen LogP contribution in [0.2, 0.25) is 0 Å². The van der Waals surface area contributed by atoms with Gasteiger partial charge in [-0.25, -0.2) is 4.39 Å². The van der Waals surface area contributed by atoms with Crippen molar-refractivity contribution in [3.05, 3.63) is 35.4 Å².